The first-order chi connectivity index (χ1) is 14.5. The Morgan fingerprint density at radius 3 is 2.26 bits per heavy atom. The highest BCUT2D eigenvalue weighted by atomic mass is 16.3. The van der Waals surface area contributed by atoms with Crippen LogP contribution in [0.1, 0.15) is 106 Å². The molecule has 0 aromatic carbocycles. The lowest BCUT2D eigenvalue weighted by molar-refractivity contribution is -0.219. The molecular formula is C29H48O2. The smallest absolute Gasteiger partial charge is 0.0595 e. The molecular weight excluding hydrogens is 380 g/mol. The Bertz CT molecular complexity index is 752. The summed E-state index contributed by atoms with van der Waals surface area (Å²) >= 11 is 0. The summed E-state index contributed by atoms with van der Waals surface area (Å²) in [7, 11) is 0. The number of hydrogen-bond donors (Lipinski definition) is 2. The van der Waals surface area contributed by atoms with Gasteiger partial charge in [0.2, 0.25) is 0 Å². The molecule has 5 rings (SSSR count). The van der Waals surface area contributed by atoms with Crippen molar-refractivity contribution < 1.29 is 10.2 Å². The molecule has 2 N–H and O–H groups in total. The van der Waals surface area contributed by atoms with Crippen molar-refractivity contribution in [1.82, 2.24) is 0 Å². The van der Waals surface area contributed by atoms with Gasteiger partial charge in [-0.25, -0.2) is 0 Å². The molecule has 2 nitrogen and oxygen atoms in total. The fraction of sp³-hybridized carbons (Fsp3) is 0.931. The summed E-state index contributed by atoms with van der Waals surface area (Å²) in [6.45, 7) is 14.4. The minimum atomic E-state index is -0.271. The summed E-state index contributed by atoms with van der Waals surface area (Å²) in [6.07, 6.45) is 12.0. The van der Waals surface area contributed by atoms with Crippen LogP contribution in [0.2, 0.25) is 0 Å². The van der Waals surface area contributed by atoms with Crippen LogP contribution in [-0.2, 0) is 0 Å². The Labute approximate surface area is 191 Å². The van der Waals surface area contributed by atoms with Gasteiger partial charge in [-0.15, -0.1) is 0 Å². The van der Waals surface area contributed by atoms with E-state index >= 15 is 0 Å². The van der Waals surface area contributed by atoms with Crippen molar-refractivity contribution in [3.63, 3.8) is 0 Å². The number of fused-ring (bicyclic) bond motifs is 5. The molecule has 2 heteroatoms. The van der Waals surface area contributed by atoms with Gasteiger partial charge >= 0.3 is 0 Å². The van der Waals surface area contributed by atoms with Gasteiger partial charge in [0.15, 0.2) is 0 Å². The van der Waals surface area contributed by atoms with Gasteiger partial charge in [0.1, 0.15) is 0 Å². The molecule has 0 aliphatic heterocycles. The molecule has 176 valence electrons. The minimum Gasteiger partial charge on any atom is -0.393 e. The monoisotopic (exact) mass is 428 g/mol. The highest BCUT2D eigenvalue weighted by molar-refractivity contribution is 5.32. The molecule has 0 radical (unpaired) electrons. The van der Waals surface area contributed by atoms with Gasteiger partial charge in [-0.3, -0.25) is 0 Å². The molecule has 4 fully saturated rings. The van der Waals surface area contributed by atoms with Crippen molar-refractivity contribution in [3.8, 4) is 0 Å². The first kappa shape index (κ1) is 22.5. The van der Waals surface area contributed by atoms with Crippen molar-refractivity contribution in [2.75, 3.05) is 0 Å². The molecule has 0 saturated heterocycles. The second-order valence-electron chi connectivity index (χ2n) is 13.8. The maximum Gasteiger partial charge on any atom is 0.0595 e. The lowest BCUT2D eigenvalue weighted by Crippen LogP contribution is -2.63. The van der Waals surface area contributed by atoms with Gasteiger partial charge in [-0.05, 0) is 123 Å². The van der Waals surface area contributed by atoms with E-state index in [0.717, 1.165) is 42.9 Å². The predicted molar refractivity (Wildman–Crippen MR) is 127 cm³/mol. The Hall–Kier alpha value is -0.340. The van der Waals surface area contributed by atoms with Crippen molar-refractivity contribution in [1.29, 1.82) is 0 Å². The molecule has 4 saturated carbocycles. The summed E-state index contributed by atoms with van der Waals surface area (Å²) in [5.74, 6) is 4.15. The van der Waals surface area contributed by atoms with E-state index in [1.54, 1.807) is 11.1 Å². The zero-order valence-electron chi connectivity index (χ0n) is 21.1. The molecule has 0 heterocycles. The van der Waals surface area contributed by atoms with Crippen molar-refractivity contribution in [2.24, 2.45) is 51.8 Å². The van der Waals surface area contributed by atoms with Crippen molar-refractivity contribution in [2.45, 2.75) is 118 Å². The number of aliphatic hydroxyl groups excluding tert-OH is 2. The van der Waals surface area contributed by atoms with E-state index in [1.807, 2.05) is 0 Å². The Balaban J connectivity index is 1.37. The quantitative estimate of drug-likeness (QED) is 0.486. The van der Waals surface area contributed by atoms with Crippen LogP contribution in [0.5, 0.6) is 0 Å². The molecule has 10 unspecified atom stereocenters. The van der Waals surface area contributed by atoms with Crippen LogP contribution in [-0.4, -0.2) is 22.4 Å². The van der Waals surface area contributed by atoms with E-state index in [2.05, 4.69) is 41.5 Å². The molecule has 0 aromatic heterocycles. The standard InChI is InChI=1S/C29H48O2/c1-17(7-8-19-15-18(19)2)21-9-10-22-20-16-24(30)26-27(3,4)25(31)12-14-29(26,6)23(20)11-13-28(21,22)5/h17,20-26,30-31H,7-16H2,1-6H3. The van der Waals surface area contributed by atoms with Crippen LogP contribution < -0.4 is 0 Å². The van der Waals surface area contributed by atoms with Gasteiger partial charge in [0, 0.05) is 0 Å². The van der Waals surface area contributed by atoms with Crippen LogP contribution >= 0.6 is 0 Å². The highest BCUT2D eigenvalue weighted by Crippen LogP contribution is 2.70. The summed E-state index contributed by atoms with van der Waals surface area (Å²) in [6, 6.07) is 0. The van der Waals surface area contributed by atoms with E-state index in [0.29, 0.717) is 11.3 Å². The summed E-state index contributed by atoms with van der Waals surface area (Å²) < 4.78 is 0. The molecule has 0 amide bonds. The molecule has 10 atom stereocenters. The lowest BCUT2D eigenvalue weighted by atomic mass is 9.40. The van der Waals surface area contributed by atoms with Crippen LogP contribution in [0.15, 0.2) is 11.1 Å². The van der Waals surface area contributed by atoms with Gasteiger partial charge in [0.05, 0.1) is 12.2 Å². The number of allylic oxidation sites excluding steroid dienone is 2. The van der Waals surface area contributed by atoms with Gasteiger partial charge in [0.25, 0.3) is 0 Å². The summed E-state index contributed by atoms with van der Waals surface area (Å²) in [5, 5.41) is 22.3. The first-order valence-corrected chi connectivity index (χ1v) is 13.5. The largest absolute Gasteiger partial charge is 0.393 e. The SMILES string of the molecule is CC1=C(CCC(C)C2CCC3C4CC(O)C5C(C)(C)C(O)CCC5(C)C4CCC23C)C1. The lowest BCUT2D eigenvalue weighted by Gasteiger charge is -2.66. The molecule has 5 aliphatic rings. The van der Waals surface area contributed by atoms with Crippen molar-refractivity contribution in [3.05, 3.63) is 11.1 Å². The van der Waals surface area contributed by atoms with Gasteiger partial charge in [-0.2, -0.15) is 0 Å². The zero-order chi connectivity index (χ0) is 22.3. The second kappa shape index (κ2) is 7.33. The van der Waals surface area contributed by atoms with E-state index in [1.165, 1.54) is 44.9 Å². The van der Waals surface area contributed by atoms with Crippen LogP contribution in [0.25, 0.3) is 0 Å². The highest BCUT2D eigenvalue weighted by Gasteiger charge is 2.65. The molecule has 31 heavy (non-hydrogen) atoms. The van der Waals surface area contributed by atoms with Crippen LogP contribution in [0, 0.1) is 51.8 Å². The Morgan fingerprint density at radius 1 is 0.935 bits per heavy atom. The maximum absolute atomic E-state index is 11.5. The minimum absolute atomic E-state index is 0.180. The topological polar surface area (TPSA) is 40.5 Å². The van der Waals surface area contributed by atoms with Gasteiger partial charge in [-0.1, -0.05) is 45.8 Å². The molecule has 0 aromatic rings. The fourth-order valence-corrected chi connectivity index (χ4v) is 10.4. The molecule has 0 spiro atoms. The maximum atomic E-state index is 11.5. The van der Waals surface area contributed by atoms with Crippen LogP contribution in [0.4, 0.5) is 0 Å². The Kier molecular flexibility index (Phi) is 5.31. The predicted octanol–water partition coefficient (Wildman–Crippen LogP) is 6.75. The third-order valence-corrected chi connectivity index (χ3v) is 12.1. The van der Waals surface area contributed by atoms with E-state index in [-0.39, 0.29) is 29.0 Å². The number of aliphatic hydroxyl groups is 2. The summed E-state index contributed by atoms with van der Waals surface area (Å²) in [5.41, 5.74) is 3.88. The second-order valence-corrected chi connectivity index (χ2v) is 13.8. The Morgan fingerprint density at radius 2 is 1.58 bits per heavy atom. The van der Waals surface area contributed by atoms with Crippen molar-refractivity contribution >= 4 is 0 Å². The average Bonchev–Trinajstić information content (AvgIpc) is 3.27. The summed E-state index contributed by atoms with van der Waals surface area (Å²) in [4.78, 5) is 0. The van der Waals surface area contributed by atoms with Crippen LogP contribution in [0.3, 0.4) is 0 Å². The fourth-order valence-electron chi connectivity index (χ4n) is 10.4. The van der Waals surface area contributed by atoms with E-state index in [9.17, 15) is 10.2 Å². The van der Waals surface area contributed by atoms with E-state index < -0.39 is 0 Å². The van der Waals surface area contributed by atoms with E-state index in [4.69, 9.17) is 0 Å². The van der Waals surface area contributed by atoms with Gasteiger partial charge < -0.3 is 10.2 Å². The normalized spacial score (nSPS) is 51.7. The average molecular weight is 429 g/mol. The first-order valence-electron chi connectivity index (χ1n) is 13.5. The molecule has 0 bridgehead atoms. The zero-order valence-corrected chi connectivity index (χ0v) is 21.1. The number of hydrogen-bond acceptors (Lipinski definition) is 2. The third kappa shape index (κ3) is 3.24. The third-order valence-electron chi connectivity index (χ3n) is 12.1. The number of rotatable bonds is 4. The molecule has 5 aliphatic carbocycles.